The maximum absolute atomic E-state index is 5.58. The molecule has 2 heterocycles. The summed E-state index contributed by atoms with van der Waals surface area (Å²) in [7, 11) is 3.78. The standard InChI is InChI=1S/C19H21BrN2O2S2/c1-4-24-16-7-5-13(9-17(16)23-3)19-21-14(12-25-19)10-22(2)11-15-6-8-18(20)26-15/h5-9,12H,4,10-11H2,1-3H3. The van der Waals surface area contributed by atoms with Gasteiger partial charge in [-0.25, -0.2) is 4.98 Å². The fourth-order valence-corrected chi connectivity index (χ4v) is 4.99. The molecular weight excluding hydrogens is 432 g/mol. The van der Waals surface area contributed by atoms with Crippen LogP contribution in [0.4, 0.5) is 0 Å². The van der Waals surface area contributed by atoms with Crippen LogP contribution in [-0.4, -0.2) is 30.6 Å². The Kier molecular flexibility index (Phi) is 6.69. The second-order valence-corrected chi connectivity index (χ2v) is 9.23. The molecule has 0 fully saturated rings. The summed E-state index contributed by atoms with van der Waals surface area (Å²) in [5, 5.41) is 3.12. The van der Waals surface area contributed by atoms with Crippen LogP contribution in [0.5, 0.6) is 11.5 Å². The minimum Gasteiger partial charge on any atom is -0.493 e. The molecule has 0 radical (unpaired) electrons. The van der Waals surface area contributed by atoms with Crippen LogP contribution >= 0.6 is 38.6 Å². The lowest BCUT2D eigenvalue weighted by atomic mass is 10.2. The summed E-state index contributed by atoms with van der Waals surface area (Å²) >= 11 is 6.94. The van der Waals surface area contributed by atoms with E-state index >= 15 is 0 Å². The molecule has 0 spiro atoms. The van der Waals surface area contributed by atoms with Crippen LogP contribution in [0.3, 0.4) is 0 Å². The van der Waals surface area contributed by atoms with Crippen LogP contribution in [0.25, 0.3) is 10.6 Å². The van der Waals surface area contributed by atoms with Crippen molar-refractivity contribution >= 4 is 38.6 Å². The minimum absolute atomic E-state index is 0.615. The highest BCUT2D eigenvalue weighted by Crippen LogP contribution is 2.34. The molecule has 1 aromatic carbocycles. The maximum atomic E-state index is 5.58. The molecule has 0 saturated carbocycles. The van der Waals surface area contributed by atoms with Crippen molar-refractivity contribution in [3.63, 3.8) is 0 Å². The van der Waals surface area contributed by atoms with E-state index in [4.69, 9.17) is 14.5 Å². The first kappa shape index (κ1) is 19.4. The van der Waals surface area contributed by atoms with E-state index in [1.165, 1.54) is 8.66 Å². The van der Waals surface area contributed by atoms with Crippen molar-refractivity contribution in [2.24, 2.45) is 0 Å². The molecule has 4 nitrogen and oxygen atoms in total. The number of nitrogens with zero attached hydrogens (tertiary/aromatic N) is 2. The Labute approximate surface area is 170 Å². The molecule has 0 atom stereocenters. The Hall–Kier alpha value is -1.41. The van der Waals surface area contributed by atoms with E-state index in [1.807, 2.05) is 25.1 Å². The molecule has 0 amide bonds. The molecule has 7 heteroatoms. The zero-order chi connectivity index (χ0) is 18.5. The Morgan fingerprint density at radius 1 is 1.15 bits per heavy atom. The van der Waals surface area contributed by atoms with Crippen LogP contribution < -0.4 is 9.47 Å². The monoisotopic (exact) mass is 452 g/mol. The average molecular weight is 453 g/mol. The number of benzene rings is 1. The van der Waals surface area contributed by atoms with E-state index in [0.29, 0.717) is 6.61 Å². The van der Waals surface area contributed by atoms with Gasteiger partial charge in [0.15, 0.2) is 11.5 Å². The van der Waals surface area contributed by atoms with Gasteiger partial charge in [-0.3, -0.25) is 4.90 Å². The van der Waals surface area contributed by atoms with E-state index < -0.39 is 0 Å². The van der Waals surface area contributed by atoms with Crippen LogP contribution in [0.2, 0.25) is 0 Å². The molecule has 2 aromatic heterocycles. The minimum atomic E-state index is 0.615. The zero-order valence-corrected chi connectivity index (χ0v) is 18.2. The van der Waals surface area contributed by atoms with Gasteiger partial charge in [0.2, 0.25) is 0 Å². The van der Waals surface area contributed by atoms with Crippen LogP contribution in [0.15, 0.2) is 39.5 Å². The van der Waals surface area contributed by atoms with E-state index in [1.54, 1.807) is 29.8 Å². The summed E-state index contributed by atoms with van der Waals surface area (Å²) in [5.74, 6) is 1.50. The van der Waals surface area contributed by atoms with Gasteiger partial charge in [-0.05, 0) is 60.2 Å². The first-order chi connectivity index (χ1) is 12.6. The Balaban J connectivity index is 1.69. The Bertz CT molecular complexity index is 863. The number of ether oxygens (including phenoxy) is 2. The molecular formula is C19H21BrN2O2S2. The van der Waals surface area contributed by atoms with Crippen LogP contribution in [0, 0.1) is 0 Å². The summed E-state index contributed by atoms with van der Waals surface area (Å²) in [6.07, 6.45) is 0. The summed E-state index contributed by atoms with van der Waals surface area (Å²) in [5.41, 5.74) is 2.13. The molecule has 0 aliphatic rings. The second-order valence-electron chi connectivity index (χ2n) is 5.82. The molecule has 0 N–H and O–H groups in total. The van der Waals surface area contributed by atoms with Gasteiger partial charge < -0.3 is 9.47 Å². The highest BCUT2D eigenvalue weighted by atomic mass is 79.9. The van der Waals surface area contributed by atoms with Crippen LogP contribution in [0.1, 0.15) is 17.5 Å². The number of aromatic nitrogens is 1. The van der Waals surface area contributed by atoms with Gasteiger partial charge >= 0.3 is 0 Å². The number of hydrogen-bond acceptors (Lipinski definition) is 6. The van der Waals surface area contributed by atoms with Crippen molar-refractivity contribution < 1.29 is 9.47 Å². The highest BCUT2D eigenvalue weighted by Gasteiger charge is 2.11. The molecule has 3 rings (SSSR count). The molecule has 0 saturated heterocycles. The molecule has 0 aliphatic heterocycles. The van der Waals surface area contributed by atoms with E-state index in [0.717, 1.165) is 40.9 Å². The van der Waals surface area contributed by atoms with E-state index in [9.17, 15) is 0 Å². The van der Waals surface area contributed by atoms with Gasteiger partial charge in [0.05, 0.1) is 23.2 Å². The van der Waals surface area contributed by atoms with Gasteiger partial charge in [0.25, 0.3) is 0 Å². The SMILES string of the molecule is CCOc1ccc(-c2nc(CN(C)Cc3ccc(Br)s3)cs2)cc1OC. The zero-order valence-electron chi connectivity index (χ0n) is 15.0. The normalized spacial score (nSPS) is 11.1. The van der Waals surface area contributed by atoms with Crippen molar-refractivity contribution in [1.29, 1.82) is 0 Å². The quantitative estimate of drug-likeness (QED) is 0.440. The number of thiophene rings is 1. The Morgan fingerprint density at radius 3 is 2.69 bits per heavy atom. The van der Waals surface area contributed by atoms with Crippen molar-refractivity contribution in [2.45, 2.75) is 20.0 Å². The van der Waals surface area contributed by atoms with Crippen molar-refractivity contribution in [1.82, 2.24) is 9.88 Å². The number of methoxy groups -OCH3 is 1. The van der Waals surface area contributed by atoms with Crippen LogP contribution in [-0.2, 0) is 13.1 Å². The maximum Gasteiger partial charge on any atom is 0.161 e. The lowest BCUT2D eigenvalue weighted by Crippen LogP contribution is -2.16. The number of rotatable bonds is 8. The lowest BCUT2D eigenvalue weighted by Gasteiger charge is -2.13. The molecule has 0 unspecified atom stereocenters. The summed E-state index contributed by atoms with van der Waals surface area (Å²) in [6.45, 7) is 4.32. The fraction of sp³-hybridized carbons (Fsp3) is 0.316. The third-order valence-electron chi connectivity index (χ3n) is 3.75. The van der Waals surface area contributed by atoms with Crippen molar-refractivity contribution in [3.8, 4) is 22.1 Å². The average Bonchev–Trinajstić information content (AvgIpc) is 3.24. The molecule has 0 aliphatic carbocycles. The predicted molar refractivity (Wildman–Crippen MR) is 112 cm³/mol. The third-order valence-corrected chi connectivity index (χ3v) is 6.30. The second kappa shape index (κ2) is 8.99. The number of thiazole rings is 1. The van der Waals surface area contributed by atoms with E-state index in [-0.39, 0.29) is 0 Å². The van der Waals surface area contributed by atoms with Crippen molar-refractivity contribution in [3.05, 3.63) is 50.1 Å². The number of hydrogen-bond donors (Lipinski definition) is 0. The first-order valence-corrected chi connectivity index (χ1v) is 10.8. The topological polar surface area (TPSA) is 34.6 Å². The molecule has 138 valence electrons. The third kappa shape index (κ3) is 4.85. The molecule has 0 bridgehead atoms. The molecule has 26 heavy (non-hydrogen) atoms. The van der Waals surface area contributed by atoms with Gasteiger partial charge in [0.1, 0.15) is 5.01 Å². The Morgan fingerprint density at radius 2 is 2.00 bits per heavy atom. The van der Waals surface area contributed by atoms with Gasteiger partial charge in [-0.15, -0.1) is 22.7 Å². The lowest BCUT2D eigenvalue weighted by molar-refractivity contribution is 0.311. The van der Waals surface area contributed by atoms with Gasteiger partial charge in [-0.2, -0.15) is 0 Å². The fourth-order valence-electron chi connectivity index (χ4n) is 2.62. The summed E-state index contributed by atoms with van der Waals surface area (Å²) in [6, 6.07) is 10.2. The highest BCUT2D eigenvalue weighted by molar-refractivity contribution is 9.11. The van der Waals surface area contributed by atoms with E-state index in [2.05, 4.69) is 45.4 Å². The van der Waals surface area contributed by atoms with Crippen molar-refractivity contribution in [2.75, 3.05) is 20.8 Å². The smallest absolute Gasteiger partial charge is 0.161 e. The van der Waals surface area contributed by atoms with Gasteiger partial charge in [-0.1, -0.05) is 0 Å². The summed E-state index contributed by atoms with van der Waals surface area (Å²) in [4.78, 5) is 8.41. The molecule has 3 aromatic rings. The largest absolute Gasteiger partial charge is 0.493 e. The summed E-state index contributed by atoms with van der Waals surface area (Å²) < 4.78 is 12.2. The van der Waals surface area contributed by atoms with Gasteiger partial charge in [0, 0.05) is 28.9 Å². The predicted octanol–water partition coefficient (Wildman–Crippen LogP) is 5.67. The number of halogens is 1. The first-order valence-electron chi connectivity index (χ1n) is 8.27.